The Balaban J connectivity index is 1.76. The molecular weight excluding hydrogens is 493 g/mol. The number of halogens is 2. The second-order valence-electron chi connectivity index (χ2n) is 9.43. The summed E-state index contributed by atoms with van der Waals surface area (Å²) < 4.78 is 19.8. The first-order valence-corrected chi connectivity index (χ1v) is 12.8. The molecule has 1 saturated heterocycles. The number of alkyl halides is 1. The van der Waals surface area contributed by atoms with Crippen LogP contribution >= 0.6 is 11.6 Å². The predicted octanol–water partition coefficient (Wildman–Crippen LogP) is 5.45. The summed E-state index contributed by atoms with van der Waals surface area (Å²) in [5.74, 6) is -0.131. The van der Waals surface area contributed by atoms with Crippen LogP contribution in [0.4, 0.5) is 10.1 Å². The zero-order valence-electron chi connectivity index (χ0n) is 21.2. The van der Waals surface area contributed by atoms with E-state index in [9.17, 15) is 14.0 Å². The molecule has 1 heterocycles. The molecule has 0 aliphatic carbocycles. The van der Waals surface area contributed by atoms with Crippen LogP contribution in [0.3, 0.4) is 0 Å². The summed E-state index contributed by atoms with van der Waals surface area (Å²) >= 11 is 6.07. The molecule has 3 aromatic carbocycles. The quantitative estimate of drug-likeness (QED) is 0.418. The Hall–Kier alpha value is -3.42. The normalized spacial score (nSPS) is 18.2. The van der Waals surface area contributed by atoms with Crippen LogP contribution in [-0.2, 0) is 9.59 Å². The van der Waals surface area contributed by atoms with E-state index in [-0.39, 0.29) is 23.9 Å². The third-order valence-corrected chi connectivity index (χ3v) is 6.57. The van der Waals surface area contributed by atoms with Gasteiger partial charge in [-0.1, -0.05) is 30.3 Å². The summed E-state index contributed by atoms with van der Waals surface area (Å²) in [7, 11) is 0. The minimum Gasteiger partial charge on any atom is -0.457 e. The second-order valence-corrected chi connectivity index (χ2v) is 9.69. The van der Waals surface area contributed by atoms with Crippen LogP contribution in [0.1, 0.15) is 31.0 Å². The lowest BCUT2D eigenvalue weighted by Crippen LogP contribution is -2.58. The van der Waals surface area contributed by atoms with Gasteiger partial charge in [0.2, 0.25) is 5.91 Å². The van der Waals surface area contributed by atoms with Gasteiger partial charge in [-0.25, -0.2) is 4.39 Å². The molecule has 2 amide bonds. The molecule has 37 heavy (non-hydrogen) atoms. The van der Waals surface area contributed by atoms with E-state index in [1.165, 1.54) is 17.0 Å². The number of nitrogens with zero attached hydrogens (tertiary/aromatic N) is 2. The van der Waals surface area contributed by atoms with Crippen molar-refractivity contribution < 1.29 is 18.7 Å². The summed E-state index contributed by atoms with van der Waals surface area (Å²) in [5, 5.41) is 3.42. The van der Waals surface area contributed by atoms with Gasteiger partial charge in [-0.3, -0.25) is 14.5 Å². The van der Waals surface area contributed by atoms with Crippen molar-refractivity contribution in [3.8, 4) is 11.5 Å². The molecule has 1 aliphatic heterocycles. The van der Waals surface area contributed by atoms with E-state index < -0.39 is 17.8 Å². The Morgan fingerprint density at radius 3 is 2.27 bits per heavy atom. The number of nitrogens with one attached hydrogen (secondary N) is 1. The molecule has 0 saturated carbocycles. The molecule has 3 unspecified atom stereocenters. The first-order chi connectivity index (χ1) is 17.8. The van der Waals surface area contributed by atoms with Gasteiger partial charge in [-0.2, -0.15) is 0 Å². The molecule has 194 valence electrons. The first kappa shape index (κ1) is 26.6. The molecule has 0 spiro atoms. The standard InChI is InChI=1S/C29H31ClFN3O3/c1-19-15-25(37-24-7-5-4-6-8-24)13-14-26(19)34(27(35)16-30)28(22-9-11-23(31)12-10-22)29(36)33-17-20(2)32-21(3)18-33/h4-15,20-21,28,32H,16-18H2,1-3H3. The zero-order valence-corrected chi connectivity index (χ0v) is 21.9. The fraction of sp³-hybridized carbons (Fsp3) is 0.310. The average molecular weight is 524 g/mol. The van der Waals surface area contributed by atoms with Crippen molar-refractivity contribution in [1.82, 2.24) is 10.2 Å². The van der Waals surface area contributed by atoms with Crippen LogP contribution in [0.5, 0.6) is 11.5 Å². The largest absolute Gasteiger partial charge is 0.457 e. The van der Waals surface area contributed by atoms with E-state index in [1.807, 2.05) is 57.2 Å². The number of carbonyl (C=O) groups is 2. The summed E-state index contributed by atoms with van der Waals surface area (Å²) in [6.45, 7) is 6.86. The maximum absolute atomic E-state index is 14.1. The van der Waals surface area contributed by atoms with Crippen LogP contribution in [0.2, 0.25) is 0 Å². The predicted molar refractivity (Wildman–Crippen MR) is 144 cm³/mol. The third kappa shape index (κ3) is 6.29. The number of carbonyl (C=O) groups excluding carboxylic acids is 2. The van der Waals surface area contributed by atoms with Crippen molar-refractivity contribution in [1.29, 1.82) is 0 Å². The molecule has 4 rings (SSSR count). The highest BCUT2D eigenvalue weighted by Crippen LogP contribution is 2.35. The molecule has 0 bridgehead atoms. The smallest absolute Gasteiger partial charge is 0.250 e. The molecule has 8 heteroatoms. The lowest BCUT2D eigenvalue weighted by atomic mass is 9.99. The highest BCUT2D eigenvalue weighted by Gasteiger charge is 2.38. The maximum Gasteiger partial charge on any atom is 0.250 e. The van der Waals surface area contributed by atoms with Crippen LogP contribution in [0.15, 0.2) is 72.8 Å². The molecular formula is C29H31ClFN3O3. The van der Waals surface area contributed by atoms with Crippen LogP contribution < -0.4 is 15.0 Å². The van der Waals surface area contributed by atoms with Gasteiger partial charge >= 0.3 is 0 Å². The number of piperazine rings is 1. The van der Waals surface area contributed by atoms with Crippen molar-refractivity contribution in [3.63, 3.8) is 0 Å². The fourth-order valence-corrected chi connectivity index (χ4v) is 4.92. The molecule has 3 atom stereocenters. The van der Waals surface area contributed by atoms with Gasteiger partial charge in [0.25, 0.3) is 5.91 Å². The van der Waals surface area contributed by atoms with Gasteiger partial charge in [0.05, 0.1) is 0 Å². The Morgan fingerprint density at radius 2 is 1.68 bits per heavy atom. The van der Waals surface area contributed by atoms with Crippen molar-refractivity contribution in [3.05, 3.63) is 89.7 Å². The van der Waals surface area contributed by atoms with Crippen LogP contribution in [-0.4, -0.2) is 47.8 Å². The number of rotatable bonds is 7. The lowest BCUT2D eigenvalue weighted by Gasteiger charge is -2.40. The number of hydrogen-bond acceptors (Lipinski definition) is 4. The summed E-state index contributed by atoms with van der Waals surface area (Å²) in [6.07, 6.45) is 0. The van der Waals surface area contributed by atoms with Crippen LogP contribution in [0, 0.1) is 12.7 Å². The van der Waals surface area contributed by atoms with E-state index >= 15 is 0 Å². The molecule has 3 aromatic rings. The maximum atomic E-state index is 14.1. The summed E-state index contributed by atoms with van der Waals surface area (Å²) in [6, 6.07) is 19.6. The van der Waals surface area contributed by atoms with Gasteiger partial charge in [-0.05, 0) is 74.4 Å². The monoisotopic (exact) mass is 523 g/mol. The van der Waals surface area contributed by atoms with Crippen LogP contribution in [0.25, 0.3) is 0 Å². The zero-order chi connectivity index (χ0) is 26.5. The minimum absolute atomic E-state index is 0.0925. The summed E-state index contributed by atoms with van der Waals surface area (Å²) in [4.78, 5) is 30.6. The van der Waals surface area contributed by atoms with E-state index in [2.05, 4.69) is 5.32 Å². The van der Waals surface area contributed by atoms with E-state index in [4.69, 9.17) is 16.3 Å². The van der Waals surface area contributed by atoms with Crippen molar-refractivity contribution >= 4 is 29.1 Å². The second kappa shape index (κ2) is 11.8. The fourth-order valence-electron chi connectivity index (χ4n) is 4.80. The first-order valence-electron chi connectivity index (χ1n) is 12.3. The van der Waals surface area contributed by atoms with Crippen molar-refractivity contribution in [2.45, 2.75) is 38.9 Å². The number of anilines is 1. The molecule has 0 aromatic heterocycles. The average Bonchev–Trinajstić information content (AvgIpc) is 2.88. The molecule has 1 N–H and O–H groups in total. The molecule has 1 aliphatic rings. The number of amides is 2. The lowest BCUT2D eigenvalue weighted by molar-refractivity contribution is -0.136. The van der Waals surface area contributed by atoms with Gasteiger partial charge < -0.3 is 15.0 Å². The molecule has 0 radical (unpaired) electrons. The Bertz CT molecular complexity index is 1230. The number of ether oxygens (including phenoxy) is 1. The number of hydrogen-bond donors (Lipinski definition) is 1. The molecule has 6 nitrogen and oxygen atoms in total. The van der Waals surface area contributed by atoms with Crippen molar-refractivity contribution in [2.24, 2.45) is 0 Å². The van der Waals surface area contributed by atoms with E-state index in [0.717, 1.165) is 5.56 Å². The number of aryl methyl sites for hydroxylation is 1. The number of benzene rings is 3. The Kier molecular flexibility index (Phi) is 8.46. The van der Waals surface area contributed by atoms with E-state index in [0.29, 0.717) is 35.8 Å². The van der Waals surface area contributed by atoms with Gasteiger partial charge in [0.1, 0.15) is 29.2 Å². The van der Waals surface area contributed by atoms with Gasteiger partial charge in [0, 0.05) is 30.9 Å². The van der Waals surface area contributed by atoms with Crippen molar-refractivity contribution in [2.75, 3.05) is 23.9 Å². The highest BCUT2D eigenvalue weighted by molar-refractivity contribution is 6.30. The topological polar surface area (TPSA) is 61.9 Å². The highest BCUT2D eigenvalue weighted by atomic mass is 35.5. The van der Waals surface area contributed by atoms with E-state index in [1.54, 1.807) is 29.2 Å². The Morgan fingerprint density at radius 1 is 1.03 bits per heavy atom. The SMILES string of the molecule is Cc1cc(Oc2ccccc2)ccc1N(C(=O)CCl)C(C(=O)N1CC(C)NC(C)C1)c1ccc(F)cc1. The third-order valence-electron chi connectivity index (χ3n) is 6.34. The van der Waals surface area contributed by atoms with Gasteiger partial charge in [0.15, 0.2) is 0 Å². The van der Waals surface area contributed by atoms with Gasteiger partial charge in [-0.15, -0.1) is 11.6 Å². The minimum atomic E-state index is -1.01. The molecule has 1 fully saturated rings. The number of para-hydroxylation sites is 1. The Labute approximate surface area is 222 Å². The summed E-state index contributed by atoms with van der Waals surface area (Å²) in [5.41, 5.74) is 1.77.